The van der Waals surface area contributed by atoms with Gasteiger partial charge in [-0.1, -0.05) is 11.6 Å². The molecule has 0 aliphatic rings. The summed E-state index contributed by atoms with van der Waals surface area (Å²) in [5.41, 5.74) is 2.16. The van der Waals surface area contributed by atoms with Crippen molar-refractivity contribution in [2.45, 2.75) is 26.4 Å². The number of aryl methyl sites for hydroxylation is 2. The molecule has 0 saturated heterocycles. The van der Waals surface area contributed by atoms with Gasteiger partial charge in [-0.3, -0.25) is 0 Å². The number of rotatable bonds is 5. The van der Waals surface area contributed by atoms with Gasteiger partial charge >= 0.3 is 0 Å². The average Bonchev–Trinajstić information content (AvgIpc) is 3.14. The van der Waals surface area contributed by atoms with Crippen LogP contribution >= 0.6 is 22.9 Å². The van der Waals surface area contributed by atoms with Gasteiger partial charge in [0.15, 0.2) is 4.80 Å². The summed E-state index contributed by atoms with van der Waals surface area (Å²) < 4.78 is 4.36. The first-order chi connectivity index (χ1) is 10.7. The second kappa shape index (κ2) is 6.94. The van der Waals surface area contributed by atoms with Crippen molar-refractivity contribution in [3.8, 4) is 0 Å². The van der Waals surface area contributed by atoms with Crippen LogP contribution < -0.4 is 4.80 Å². The topological polar surface area (TPSA) is 35.1 Å². The second-order valence-corrected chi connectivity index (χ2v) is 6.33. The van der Waals surface area contributed by atoms with Gasteiger partial charge in [-0.15, -0.1) is 11.3 Å². The van der Waals surface area contributed by atoms with Gasteiger partial charge < -0.3 is 9.13 Å². The van der Waals surface area contributed by atoms with Crippen LogP contribution in [-0.4, -0.2) is 14.1 Å². The highest BCUT2D eigenvalue weighted by Gasteiger charge is 2.02. The van der Waals surface area contributed by atoms with Crippen molar-refractivity contribution in [2.75, 3.05) is 0 Å². The predicted octanol–water partition coefficient (Wildman–Crippen LogP) is 4.03. The van der Waals surface area contributed by atoms with Crippen LogP contribution in [0.3, 0.4) is 0 Å². The monoisotopic (exact) mass is 332 g/mol. The van der Waals surface area contributed by atoms with E-state index in [1.807, 2.05) is 43.0 Å². The summed E-state index contributed by atoms with van der Waals surface area (Å²) in [6.07, 6.45) is 6.69. The number of aromatic nitrogens is 3. The maximum atomic E-state index is 5.92. The first-order valence-electron chi connectivity index (χ1n) is 7.13. The quantitative estimate of drug-likeness (QED) is 0.694. The molecule has 22 heavy (non-hydrogen) atoms. The molecule has 4 nitrogen and oxygen atoms in total. The van der Waals surface area contributed by atoms with Gasteiger partial charge in [0.25, 0.3) is 0 Å². The summed E-state index contributed by atoms with van der Waals surface area (Å²) in [4.78, 5) is 9.81. The zero-order valence-corrected chi connectivity index (χ0v) is 13.9. The first kappa shape index (κ1) is 15.1. The third-order valence-corrected chi connectivity index (χ3v) is 4.63. The lowest BCUT2D eigenvalue weighted by molar-refractivity contribution is 0.548. The van der Waals surface area contributed by atoms with E-state index in [1.54, 1.807) is 11.3 Å². The molecule has 114 valence electrons. The summed E-state index contributed by atoms with van der Waals surface area (Å²) >= 11 is 7.58. The van der Waals surface area contributed by atoms with Crippen molar-refractivity contribution in [1.29, 1.82) is 0 Å². The Morgan fingerprint density at radius 3 is 2.77 bits per heavy atom. The number of benzene rings is 1. The molecular formula is C16H17ClN4S. The molecule has 0 fully saturated rings. The Kier molecular flexibility index (Phi) is 4.75. The highest BCUT2D eigenvalue weighted by Crippen LogP contribution is 2.16. The van der Waals surface area contributed by atoms with Crippen LogP contribution in [0.4, 0.5) is 5.69 Å². The third kappa shape index (κ3) is 3.67. The van der Waals surface area contributed by atoms with Gasteiger partial charge in [0.05, 0.1) is 12.0 Å². The Balaban J connectivity index is 1.76. The molecule has 0 unspecified atom stereocenters. The predicted molar refractivity (Wildman–Crippen MR) is 90.6 cm³/mol. The van der Waals surface area contributed by atoms with Crippen molar-refractivity contribution < 1.29 is 0 Å². The van der Waals surface area contributed by atoms with E-state index in [2.05, 4.69) is 26.4 Å². The molecule has 3 aromatic rings. The van der Waals surface area contributed by atoms with E-state index in [4.69, 9.17) is 16.6 Å². The van der Waals surface area contributed by atoms with Crippen molar-refractivity contribution in [2.24, 2.45) is 4.99 Å². The summed E-state index contributed by atoms with van der Waals surface area (Å²) in [6.45, 7) is 4.03. The highest BCUT2D eigenvalue weighted by molar-refractivity contribution is 7.07. The fraction of sp³-hybridized carbons (Fsp3) is 0.250. The first-order valence-corrected chi connectivity index (χ1v) is 8.39. The Labute approximate surface area is 138 Å². The molecule has 3 rings (SSSR count). The fourth-order valence-corrected chi connectivity index (χ4v) is 3.28. The zero-order valence-electron chi connectivity index (χ0n) is 12.3. The van der Waals surface area contributed by atoms with E-state index in [-0.39, 0.29) is 0 Å². The minimum atomic E-state index is 0.731. The number of halogens is 1. The standard InChI is InChI=1S/C16H17ClN4S/c1-13-11-22-16(19-15-5-3-14(17)4-6-15)21(13)9-2-8-20-10-7-18-12-20/h3-7,10-12H,2,8-9H2,1H3. The normalized spacial score (nSPS) is 12.0. The average molecular weight is 333 g/mol. The number of thiazole rings is 1. The van der Waals surface area contributed by atoms with Crippen LogP contribution in [0.25, 0.3) is 0 Å². The van der Waals surface area contributed by atoms with E-state index >= 15 is 0 Å². The van der Waals surface area contributed by atoms with E-state index in [0.717, 1.165) is 35.0 Å². The molecule has 0 aliphatic carbocycles. The molecule has 1 aromatic carbocycles. The summed E-state index contributed by atoms with van der Waals surface area (Å²) in [7, 11) is 0. The molecule has 0 spiro atoms. The van der Waals surface area contributed by atoms with Crippen LogP contribution in [-0.2, 0) is 13.1 Å². The van der Waals surface area contributed by atoms with Crippen LogP contribution in [0, 0.1) is 6.92 Å². The van der Waals surface area contributed by atoms with E-state index < -0.39 is 0 Å². The number of hydrogen-bond donors (Lipinski definition) is 0. The third-order valence-electron chi connectivity index (χ3n) is 3.40. The number of hydrogen-bond acceptors (Lipinski definition) is 3. The molecule has 0 saturated carbocycles. The minimum absolute atomic E-state index is 0.731. The van der Waals surface area contributed by atoms with E-state index in [0.29, 0.717) is 0 Å². The molecule has 0 amide bonds. The maximum Gasteiger partial charge on any atom is 0.190 e. The summed E-state index contributed by atoms with van der Waals surface area (Å²) in [6, 6.07) is 7.61. The van der Waals surface area contributed by atoms with E-state index in [9.17, 15) is 0 Å². The summed E-state index contributed by atoms with van der Waals surface area (Å²) in [5, 5.41) is 2.88. The van der Waals surface area contributed by atoms with Crippen LogP contribution in [0.15, 0.2) is 53.4 Å². The SMILES string of the molecule is Cc1csc(=Nc2ccc(Cl)cc2)n1CCCn1ccnc1. The van der Waals surface area contributed by atoms with Gasteiger partial charge in [-0.2, -0.15) is 0 Å². The fourth-order valence-electron chi connectivity index (χ4n) is 2.23. The number of imidazole rings is 1. The Bertz CT molecular complexity index is 784. The van der Waals surface area contributed by atoms with Gasteiger partial charge in [0, 0.05) is 41.6 Å². The second-order valence-electron chi connectivity index (χ2n) is 5.05. The molecule has 2 heterocycles. The molecule has 0 radical (unpaired) electrons. The smallest absolute Gasteiger partial charge is 0.190 e. The Hall–Kier alpha value is -1.85. The van der Waals surface area contributed by atoms with Crippen LogP contribution in [0.2, 0.25) is 5.02 Å². The summed E-state index contributed by atoms with van der Waals surface area (Å²) in [5.74, 6) is 0. The lowest BCUT2D eigenvalue weighted by Crippen LogP contribution is -2.17. The van der Waals surface area contributed by atoms with Crippen molar-refractivity contribution >= 4 is 28.6 Å². The van der Waals surface area contributed by atoms with Gasteiger partial charge in [0.2, 0.25) is 0 Å². The Morgan fingerprint density at radius 1 is 1.23 bits per heavy atom. The molecule has 0 bridgehead atoms. The molecule has 0 N–H and O–H groups in total. The largest absolute Gasteiger partial charge is 0.337 e. The van der Waals surface area contributed by atoms with Gasteiger partial charge in [-0.25, -0.2) is 9.98 Å². The molecule has 0 atom stereocenters. The maximum absolute atomic E-state index is 5.92. The number of nitrogens with zero attached hydrogens (tertiary/aromatic N) is 4. The molecule has 6 heteroatoms. The van der Waals surface area contributed by atoms with Gasteiger partial charge in [0.1, 0.15) is 0 Å². The van der Waals surface area contributed by atoms with Crippen molar-refractivity contribution in [1.82, 2.24) is 14.1 Å². The lowest BCUT2D eigenvalue weighted by Gasteiger charge is -2.06. The van der Waals surface area contributed by atoms with Gasteiger partial charge in [-0.05, 0) is 37.6 Å². The van der Waals surface area contributed by atoms with Crippen LogP contribution in [0.1, 0.15) is 12.1 Å². The molecule has 0 aliphatic heterocycles. The molecular weight excluding hydrogens is 316 g/mol. The highest BCUT2D eigenvalue weighted by atomic mass is 35.5. The van der Waals surface area contributed by atoms with Crippen molar-refractivity contribution in [3.63, 3.8) is 0 Å². The Morgan fingerprint density at radius 2 is 2.05 bits per heavy atom. The zero-order chi connectivity index (χ0) is 15.4. The van der Waals surface area contributed by atoms with E-state index in [1.165, 1.54) is 5.69 Å². The molecule has 2 aromatic heterocycles. The minimum Gasteiger partial charge on any atom is -0.337 e. The van der Waals surface area contributed by atoms with Crippen LogP contribution in [0.5, 0.6) is 0 Å². The lowest BCUT2D eigenvalue weighted by atomic mass is 10.3. The van der Waals surface area contributed by atoms with Crippen molar-refractivity contribution in [3.05, 3.63) is 63.9 Å².